The van der Waals surface area contributed by atoms with Gasteiger partial charge in [0.05, 0.1) is 18.2 Å². The van der Waals surface area contributed by atoms with Gasteiger partial charge in [-0.3, -0.25) is 9.69 Å². The lowest BCUT2D eigenvalue weighted by molar-refractivity contribution is -0.130. The second-order valence-corrected chi connectivity index (χ2v) is 6.22. The minimum absolute atomic E-state index is 0.0574. The van der Waals surface area contributed by atoms with Crippen LogP contribution in [0.15, 0.2) is 24.3 Å². The van der Waals surface area contributed by atoms with Crippen LogP contribution in [0.5, 0.6) is 0 Å². The molecule has 1 aliphatic rings. The second kappa shape index (κ2) is 10.4. The van der Waals surface area contributed by atoms with Crippen LogP contribution >= 0.6 is 0 Å². The number of carbonyl (C=O) groups is 2. The molecule has 1 aromatic rings. The van der Waals surface area contributed by atoms with E-state index < -0.39 is 6.09 Å². The smallest absolute Gasteiger partial charge is 0.407 e. The summed E-state index contributed by atoms with van der Waals surface area (Å²) >= 11 is 0. The highest BCUT2D eigenvalue weighted by molar-refractivity contribution is 5.77. The summed E-state index contributed by atoms with van der Waals surface area (Å²) in [7, 11) is 0. The highest BCUT2D eigenvalue weighted by Crippen LogP contribution is 2.11. The van der Waals surface area contributed by atoms with Crippen molar-refractivity contribution in [3.05, 3.63) is 35.4 Å². The summed E-state index contributed by atoms with van der Waals surface area (Å²) in [5, 5.41) is 11.4. The maximum Gasteiger partial charge on any atom is 0.407 e. The molecule has 0 bridgehead atoms. The summed E-state index contributed by atoms with van der Waals surface area (Å²) in [4.78, 5) is 27.7. The van der Waals surface area contributed by atoms with Gasteiger partial charge in [0.25, 0.3) is 0 Å². The van der Waals surface area contributed by atoms with Crippen molar-refractivity contribution in [3.63, 3.8) is 0 Å². The van der Waals surface area contributed by atoms with Crippen LogP contribution in [-0.4, -0.2) is 61.1 Å². The van der Waals surface area contributed by atoms with Gasteiger partial charge in [-0.2, -0.15) is 5.26 Å². The highest BCUT2D eigenvalue weighted by atomic mass is 16.5. The van der Waals surface area contributed by atoms with Crippen molar-refractivity contribution >= 4 is 12.0 Å². The Hall–Kier alpha value is -2.59. The first kappa shape index (κ1) is 19.7. The molecular formula is C19H26N4O3. The van der Waals surface area contributed by atoms with Gasteiger partial charge >= 0.3 is 6.09 Å². The van der Waals surface area contributed by atoms with Crippen LogP contribution in [0.2, 0.25) is 0 Å². The summed E-state index contributed by atoms with van der Waals surface area (Å²) in [6.07, 6.45) is 0.728. The SMILES string of the molecule is CCOC(=O)NCCC(=O)N1CCCN(Cc2ccc(C#N)cc2)CC1. The average Bonchev–Trinajstić information content (AvgIpc) is 2.88. The fourth-order valence-corrected chi connectivity index (χ4v) is 2.93. The van der Waals surface area contributed by atoms with Gasteiger partial charge in [-0.25, -0.2) is 4.79 Å². The summed E-state index contributed by atoms with van der Waals surface area (Å²) in [6.45, 7) is 6.35. The number of nitriles is 1. The van der Waals surface area contributed by atoms with Gasteiger partial charge < -0.3 is 15.0 Å². The Morgan fingerprint density at radius 1 is 1.19 bits per heavy atom. The molecule has 1 aliphatic heterocycles. The average molecular weight is 358 g/mol. The normalized spacial score (nSPS) is 15.0. The molecule has 0 atom stereocenters. The number of hydrogen-bond donors (Lipinski definition) is 1. The summed E-state index contributed by atoms with van der Waals surface area (Å²) < 4.78 is 4.77. The van der Waals surface area contributed by atoms with E-state index in [2.05, 4.69) is 16.3 Å². The number of alkyl carbamates (subject to hydrolysis) is 1. The predicted octanol–water partition coefficient (Wildman–Crippen LogP) is 1.73. The minimum Gasteiger partial charge on any atom is -0.450 e. The van der Waals surface area contributed by atoms with E-state index in [9.17, 15) is 9.59 Å². The third-order valence-corrected chi connectivity index (χ3v) is 4.31. The van der Waals surface area contributed by atoms with E-state index in [1.165, 1.54) is 5.56 Å². The van der Waals surface area contributed by atoms with E-state index >= 15 is 0 Å². The maximum atomic E-state index is 12.3. The molecular weight excluding hydrogens is 332 g/mol. The largest absolute Gasteiger partial charge is 0.450 e. The zero-order valence-electron chi connectivity index (χ0n) is 15.2. The van der Waals surface area contributed by atoms with Crippen molar-refractivity contribution in [2.45, 2.75) is 26.3 Å². The van der Waals surface area contributed by atoms with Crippen molar-refractivity contribution < 1.29 is 14.3 Å². The number of rotatable bonds is 6. The first-order valence-electron chi connectivity index (χ1n) is 9.02. The number of hydrogen-bond acceptors (Lipinski definition) is 5. The van der Waals surface area contributed by atoms with Crippen molar-refractivity contribution in [3.8, 4) is 6.07 Å². The van der Waals surface area contributed by atoms with Crippen LogP contribution in [0.3, 0.4) is 0 Å². The Morgan fingerprint density at radius 3 is 2.65 bits per heavy atom. The van der Waals surface area contributed by atoms with Gasteiger partial charge in [0, 0.05) is 45.7 Å². The van der Waals surface area contributed by atoms with E-state index in [0.717, 1.165) is 32.6 Å². The molecule has 0 unspecified atom stereocenters. The first-order chi connectivity index (χ1) is 12.6. The Morgan fingerprint density at radius 2 is 1.96 bits per heavy atom. The second-order valence-electron chi connectivity index (χ2n) is 6.22. The lowest BCUT2D eigenvalue weighted by Crippen LogP contribution is -2.37. The zero-order chi connectivity index (χ0) is 18.8. The number of benzene rings is 1. The van der Waals surface area contributed by atoms with Gasteiger partial charge in [-0.15, -0.1) is 0 Å². The quantitative estimate of drug-likeness (QED) is 0.837. The zero-order valence-corrected chi connectivity index (χ0v) is 15.2. The van der Waals surface area contributed by atoms with Crippen molar-refractivity contribution in [1.82, 2.24) is 15.1 Å². The number of nitrogens with zero attached hydrogens (tertiary/aromatic N) is 3. The molecule has 1 N–H and O–H groups in total. The van der Waals surface area contributed by atoms with Crippen molar-refractivity contribution in [1.29, 1.82) is 5.26 Å². The van der Waals surface area contributed by atoms with Crippen molar-refractivity contribution in [2.75, 3.05) is 39.3 Å². The van der Waals surface area contributed by atoms with E-state index in [0.29, 0.717) is 25.3 Å². The molecule has 0 saturated carbocycles. The number of amides is 2. The van der Waals surface area contributed by atoms with E-state index in [1.807, 2.05) is 29.2 Å². The summed E-state index contributed by atoms with van der Waals surface area (Å²) in [5.74, 6) is 0.0574. The van der Waals surface area contributed by atoms with Crippen LogP contribution in [0.1, 0.15) is 30.9 Å². The standard InChI is InChI=1S/C19H26N4O3/c1-2-26-19(25)21-9-8-18(24)23-11-3-10-22(12-13-23)15-17-6-4-16(14-20)5-7-17/h4-7H,2-3,8-13,15H2,1H3,(H,21,25). The topological polar surface area (TPSA) is 85.7 Å². The van der Waals surface area contributed by atoms with Crippen LogP contribution in [0, 0.1) is 11.3 Å². The Labute approximate surface area is 154 Å². The van der Waals surface area contributed by atoms with Crippen LogP contribution in [0.4, 0.5) is 4.79 Å². The van der Waals surface area contributed by atoms with Gasteiger partial charge in [-0.1, -0.05) is 12.1 Å². The fourth-order valence-electron chi connectivity index (χ4n) is 2.93. The molecule has 140 valence electrons. The molecule has 0 aliphatic carbocycles. The molecule has 2 rings (SSSR count). The monoisotopic (exact) mass is 358 g/mol. The van der Waals surface area contributed by atoms with Gasteiger partial charge in [0.1, 0.15) is 0 Å². The van der Waals surface area contributed by atoms with Gasteiger partial charge in [0.2, 0.25) is 5.91 Å². The Bertz CT molecular complexity index is 639. The lowest BCUT2D eigenvalue weighted by atomic mass is 10.1. The van der Waals surface area contributed by atoms with Crippen LogP contribution < -0.4 is 5.32 Å². The maximum absolute atomic E-state index is 12.3. The molecule has 0 aromatic heterocycles. The lowest BCUT2D eigenvalue weighted by Gasteiger charge is -2.22. The fraction of sp³-hybridized carbons (Fsp3) is 0.526. The Kier molecular flexibility index (Phi) is 7.90. The van der Waals surface area contributed by atoms with E-state index in [1.54, 1.807) is 6.92 Å². The Balaban J connectivity index is 1.75. The third kappa shape index (κ3) is 6.37. The van der Waals surface area contributed by atoms with Gasteiger partial charge in [-0.05, 0) is 31.0 Å². The molecule has 2 amide bonds. The first-order valence-corrected chi connectivity index (χ1v) is 9.02. The van der Waals surface area contributed by atoms with E-state index in [4.69, 9.17) is 10.00 Å². The molecule has 7 heteroatoms. The molecule has 0 radical (unpaired) electrons. The molecule has 1 aromatic carbocycles. The molecule has 1 saturated heterocycles. The highest BCUT2D eigenvalue weighted by Gasteiger charge is 2.19. The number of carbonyl (C=O) groups excluding carboxylic acids is 2. The van der Waals surface area contributed by atoms with Crippen LogP contribution in [-0.2, 0) is 16.1 Å². The summed E-state index contributed by atoms with van der Waals surface area (Å²) in [6, 6.07) is 9.75. The van der Waals surface area contributed by atoms with Gasteiger partial charge in [0.15, 0.2) is 0 Å². The predicted molar refractivity (Wildman–Crippen MR) is 97.3 cm³/mol. The minimum atomic E-state index is -0.482. The van der Waals surface area contributed by atoms with E-state index in [-0.39, 0.29) is 12.3 Å². The molecule has 0 spiro atoms. The van der Waals surface area contributed by atoms with Crippen LogP contribution in [0.25, 0.3) is 0 Å². The summed E-state index contributed by atoms with van der Waals surface area (Å²) in [5.41, 5.74) is 1.83. The molecule has 1 heterocycles. The molecule has 1 fully saturated rings. The number of nitrogens with one attached hydrogen (secondary N) is 1. The number of ether oxygens (including phenoxy) is 1. The molecule has 26 heavy (non-hydrogen) atoms. The van der Waals surface area contributed by atoms with Crippen molar-refractivity contribution in [2.24, 2.45) is 0 Å². The molecule has 7 nitrogen and oxygen atoms in total. The third-order valence-electron chi connectivity index (χ3n) is 4.31.